The minimum Gasteiger partial charge on any atom is -0.463 e. The van der Waals surface area contributed by atoms with Gasteiger partial charge < -0.3 is 47.4 Å². The van der Waals surface area contributed by atoms with Crippen molar-refractivity contribution >= 4 is 5.97 Å². The number of hydrogen-bond acceptors (Lipinski definition) is 11. The van der Waals surface area contributed by atoms with Crippen LogP contribution in [-0.2, 0) is 65.4 Å². The molecule has 0 spiro atoms. The van der Waals surface area contributed by atoms with Gasteiger partial charge in [0.25, 0.3) is 0 Å². The molecule has 0 amide bonds. The molecule has 0 aliphatic carbocycles. The molecule has 0 bridgehead atoms. The monoisotopic (exact) mass is 628 g/mol. The Kier molecular flexibility index (Phi) is 9.91. The van der Waals surface area contributed by atoms with Gasteiger partial charge in [-0.3, -0.25) is 4.79 Å². The number of ether oxygens (including phenoxy) is 10. The van der Waals surface area contributed by atoms with E-state index in [1.165, 1.54) is 6.92 Å². The Hall–Kier alpha value is -2.45. The third-order valence-corrected chi connectivity index (χ3v) is 8.22. The molecule has 6 rings (SSSR count). The zero-order valence-electron chi connectivity index (χ0n) is 26.5. The molecular formula is C34H44O11. The molecule has 246 valence electrons. The Labute approximate surface area is 264 Å². The molecule has 4 saturated heterocycles. The smallest absolute Gasteiger partial charge is 0.302 e. The molecule has 2 aromatic carbocycles. The number of esters is 1. The van der Waals surface area contributed by atoms with E-state index >= 15 is 0 Å². The maximum absolute atomic E-state index is 11.8. The number of benzene rings is 2. The van der Waals surface area contributed by atoms with Crippen molar-refractivity contribution in [3.63, 3.8) is 0 Å². The first-order valence-electron chi connectivity index (χ1n) is 15.6. The van der Waals surface area contributed by atoms with Crippen LogP contribution in [0, 0.1) is 0 Å². The Balaban J connectivity index is 1.17. The molecule has 4 heterocycles. The quantitative estimate of drug-likeness (QED) is 0.333. The Morgan fingerprint density at radius 2 is 1.31 bits per heavy atom. The molecule has 9 atom stereocenters. The molecule has 2 aromatic rings. The van der Waals surface area contributed by atoms with Crippen LogP contribution in [0.4, 0.5) is 0 Å². The maximum atomic E-state index is 11.8. The summed E-state index contributed by atoms with van der Waals surface area (Å²) in [5, 5.41) is 0. The van der Waals surface area contributed by atoms with Crippen molar-refractivity contribution in [2.45, 2.75) is 121 Å². The number of carbonyl (C=O) groups is 1. The summed E-state index contributed by atoms with van der Waals surface area (Å²) in [5.74, 6) is -2.05. The van der Waals surface area contributed by atoms with E-state index in [1.54, 1.807) is 0 Å². The van der Waals surface area contributed by atoms with Crippen LogP contribution in [0.2, 0.25) is 0 Å². The summed E-state index contributed by atoms with van der Waals surface area (Å²) in [5.41, 5.74) is 2.04. The summed E-state index contributed by atoms with van der Waals surface area (Å²) in [6.45, 7) is 9.64. The summed E-state index contributed by atoms with van der Waals surface area (Å²) in [6, 6.07) is 19.8. The van der Waals surface area contributed by atoms with Gasteiger partial charge in [-0.05, 0) is 38.8 Å². The predicted octanol–water partition coefficient (Wildman–Crippen LogP) is 4.25. The minimum absolute atomic E-state index is 0.0143. The van der Waals surface area contributed by atoms with Crippen LogP contribution in [0.25, 0.3) is 0 Å². The van der Waals surface area contributed by atoms with Gasteiger partial charge in [-0.25, -0.2) is 0 Å². The van der Waals surface area contributed by atoms with Gasteiger partial charge in [0.1, 0.15) is 43.2 Å². The minimum atomic E-state index is -0.821. The SMILES string of the molecule is CC(=O)OC[C@H]1O[C@H](OC[C@H]2O[C@@H]3OC(C)(C)O[C@@H]3[C@H]3OC(C)(C)O[C@H]32)C[C@@H](OCc2ccccc2)[C@H]1OCc1ccccc1. The lowest BCUT2D eigenvalue weighted by molar-refractivity contribution is -0.295. The van der Waals surface area contributed by atoms with E-state index in [4.69, 9.17) is 47.4 Å². The van der Waals surface area contributed by atoms with E-state index in [9.17, 15) is 4.79 Å². The fraction of sp³-hybridized carbons (Fsp3) is 0.618. The number of rotatable bonds is 11. The molecule has 4 aliphatic heterocycles. The lowest BCUT2D eigenvalue weighted by Crippen LogP contribution is -2.57. The van der Waals surface area contributed by atoms with Gasteiger partial charge in [0.05, 0.1) is 25.9 Å². The highest BCUT2D eigenvalue weighted by atomic mass is 16.9. The average molecular weight is 629 g/mol. The number of carbonyl (C=O) groups excluding carboxylic acids is 1. The van der Waals surface area contributed by atoms with E-state index < -0.39 is 72.9 Å². The van der Waals surface area contributed by atoms with Gasteiger partial charge >= 0.3 is 5.97 Å². The van der Waals surface area contributed by atoms with Crippen molar-refractivity contribution in [1.29, 1.82) is 0 Å². The molecule has 11 heteroatoms. The Morgan fingerprint density at radius 3 is 1.98 bits per heavy atom. The first kappa shape index (κ1) is 32.5. The fourth-order valence-electron chi connectivity index (χ4n) is 6.28. The molecular weight excluding hydrogens is 584 g/mol. The molecule has 0 unspecified atom stereocenters. The van der Waals surface area contributed by atoms with Crippen LogP contribution in [-0.4, -0.2) is 86.1 Å². The van der Waals surface area contributed by atoms with E-state index in [1.807, 2.05) is 88.4 Å². The lowest BCUT2D eigenvalue weighted by atomic mass is 9.99. The first-order valence-corrected chi connectivity index (χ1v) is 15.6. The van der Waals surface area contributed by atoms with Crippen molar-refractivity contribution < 1.29 is 52.2 Å². The summed E-state index contributed by atoms with van der Waals surface area (Å²) < 4.78 is 62.1. The standard InChI is InChI=1S/C34H44O11/c1-21(35)36-19-25-28(39-18-23-14-10-7-11-15-23)24(37-17-22-12-8-6-9-13-22)16-27(40-25)38-20-26-29-30(43-33(2,3)42-29)31-32(41-26)45-34(4,5)44-31/h6-15,24-32H,16-20H2,1-5H3/t24-,25-,26-,27+,28-,29+,30+,31-,32-/m1/s1. The average Bonchev–Trinajstić information content (AvgIpc) is 3.51. The molecule has 0 saturated carbocycles. The highest BCUT2D eigenvalue weighted by Crippen LogP contribution is 2.44. The Morgan fingerprint density at radius 1 is 0.711 bits per heavy atom. The molecule has 4 fully saturated rings. The highest BCUT2D eigenvalue weighted by Gasteiger charge is 2.60. The van der Waals surface area contributed by atoms with E-state index in [2.05, 4.69) is 0 Å². The van der Waals surface area contributed by atoms with Gasteiger partial charge in [0.15, 0.2) is 24.2 Å². The van der Waals surface area contributed by atoms with Gasteiger partial charge in [0, 0.05) is 13.3 Å². The summed E-state index contributed by atoms with van der Waals surface area (Å²) in [4.78, 5) is 11.8. The van der Waals surface area contributed by atoms with Gasteiger partial charge in [0.2, 0.25) is 0 Å². The second kappa shape index (κ2) is 13.7. The van der Waals surface area contributed by atoms with Crippen LogP contribution in [0.5, 0.6) is 0 Å². The van der Waals surface area contributed by atoms with E-state index in [-0.39, 0.29) is 13.2 Å². The molecule has 0 aromatic heterocycles. The maximum Gasteiger partial charge on any atom is 0.302 e. The topological polar surface area (TPSA) is 109 Å². The van der Waals surface area contributed by atoms with E-state index in [0.29, 0.717) is 19.6 Å². The van der Waals surface area contributed by atoms with Crippen molar-refractivity contribution in [3.05, 3.63) is 71.8 Å². The number of hydrogen-bond donors (Lipinski definition) is 0. The van der Waals surface area contributed by atoms with Crippen molar-refractivity contribution in [2.24, 2.45) is 0 Å². The normalized spacial score (nSPS) is 35.0. The van der Waals surface area contributed by atoms with Gasteiger partial charge in [-0.15, -0.1) is 0 Å². The molecule has 11 nitrogen and oxygen atoms in total. The summed E-state index contributed by atoms with van der Waals surface area (Å²) >= 11 is 0. The van der Waals surface area contributed by atoms with Gasteiger partial charge in [-0.2, -0.15) is 0 Å². The molecule has 4 aliphatic rings. The lowest BCUT2D eigenvalue weighted by Gasteiger charge is -2.42. The van der Waals surface area contributed by atoms with Crippen molar-refractivity contribution in [2.75, 3.05) is 13.2 Å². The van der Waals surface area contributed by atoms with Crippen molar-refractivity contribution in [3.8, 4) is 0 Å². The molecule has 45 heavy (non-hydrogen) atoms. The zero-order chi connectivity index (χ0) is 31.6. The van der Waals surface area contributed by atoms with Crippen molar-refractivity contribution in [1.82, 2.24) is 0 Å². The largest absolute Gasteiger partial charge is 0.463 e. The van der Waals surface area contributed by atoms with E-state index in [0.717, 1.165) is 11.1 Å². The zero-order valence-corrected chi connectivity index (χ0v) is 26.5. The second-order valence-electron chi connectivity index (χ2n) is 12.8. The fourth-order valence-corrected chi connectivity index (χ4v) is 6.28. The van der Waals surface area contributed by atoms with Crippen LogP contribution in [0.15, 0.2) is 60.7 Å². The summed E-state index contributed by atoms with van der Waals surface area (Å²) in [7, 11) is 0. The third-order valence-electron chi connectivity index (χ3n) is 8.22. The molecule has 0 radical (unpaired) electrons. The third kappa shape index (κ3) is 8.10. The van der Waals surface area contributed by atoms with Crippen LogP contribution >= 0.6 is 0 Å². The van der Waals surface area contributed by atoms with Gasteiger partial charge in [-0.1, -0.05) is 60.7 Å². The predicted molar refractivity (Wildman–Crippen MR) is 158 cm³/mol. The van der Waals surface area contributed by atoms with Crippen LogP contribution in [0.1, 0.15) is 52.2 Å². The summed E-state index contributed by atoms with van der Waals surface area (Å²) in [6.07, 6.45) is -4.31. The highest BCUT2D eigenvalue weighted by molar-refractivity contribution is 5.65. The first-order chi connectivity index (χ1) is 21.6. The number of fused-ring (bicyclic) bond motifs is 3. The van der Waals surface area contributed by atoms with Crippen LogP contribution in [0.3, 0.4) is 0 Å². The Bertz CT molecular complexity index is 1260. The van der Waals surface area contributed by atoms with Crippen LogP contribution < -0.4 is 0 Å². The molecule has 0 N–H and O–H groups in total. The second-order valence-corrected chi connectivity index (χ2v) is 12.8.